The molecule has 0 radical (unpaired) electrons. The van der Waals surface area contributed by atoms with Gasteiger partial charge in [0, 0.05) is 11.6 Å². The van der Waals surface area contributed by atoms with E-state index < -0.39 is 0 Å². The van der Waals surface area contributed by atoms with Crippen LogP contribution in [0.4, 0.5) is 10.5 Å². The highest BCUT2D eigenvalue weighted by Crippen LogP contribution is 2.37. The summed E-state index contributed by atoms with van der Waals surface area (Å²) in [6.45, 7) is 0. The molecule has 2 amide bonds. The van der Waals surface area contributed by atoms with Crippen molar-refractivity contribution in [3.63, 3.8) is 0 Å². The quantitative estimate of drug-likeness (QED) is 0.742. The number of rotatable bonds is 5. The summed E-state index contributed by atoms with van der Waals surface area (Å²) in [6.07, 6.45) is 1.65. The first kappa shape index (κ1) is 17.9. The van der Waals surface area contributed by atoms with Gasteiger partial charge in [0.25, 0.3) is 11.1 Å². The third-order valence-electron chi connectivity index (χ3n) is 3.85. The van der Waals surface area contributed by atoms with Crippen LogP contribution < -0.4 is 19.1 Å². The third-order valence-corrected chi connectivity index (χ3v) is 4.72. The van der Waals surface area contributed by atoms with Crippen LogP contribution in [0.2, 0.25) is 0 Å². The molecule has 0 unspecified atom stereocenters. The molecule has 0 atom stereocenters. The molecule has 1 aliphatic heterocycles. The van der Waals surface area contributed by atoms with Gasteiger partial charge in [0.05, 0.1) is 31.9 Å². The number of carbonyl (C=O) groups excluding carboxylic acids is 2. The number of benzene rings is 2. The van der Waals surface area contributed by atoms with Crippen molar-refractivity contribution in [2.75, 3.05) is 26.2 Å². The van der Waals surface area contributed by atoms with Crippen molar-refractivity contribution < 1.29 is 23.8 Å². The molecule has 7 heteroatoms. The lowest BCUT2D eigenvalue weighted by atomic mass is 10.1. The monoisotopic (exact) mass is 371 g/mol. The number of thioether (sulfide) groups is 1. The van der Waals surface area contributed by atoms with E-state index in [0.717, 1.165) is 16.7 Å². The van der Waals surface area contributed by atoms with Gasteiger partial charge in [-0.1, -0.05) is 0 Å². The second kappa shape index (κ2) is 7.53. The minimum Gasteiger partial charge on any atom is -0.497 e. The molecule has 0 saturated carbocycles. The maximum absolute atomic E-state index is 12.7. The Morgan fingerprint density at radius 1 is 0.885 bits per heavy atom. The smallest absolute Gasteiger partial charge is 0.298 e. The summed E-state index contributed by atoms with van der Waals surface area (Å²) >= 11 is 0.891. The van der Waals surface area contributed by atoms with E-state index in [2.05, 4.69) is 0 Å². The molecule has 1 fully saturated rings. The van der Waals surface area contributed by atoms with Crippen LogP contribution in [0.1, 0.15) is 5.56 Å². The molecule has 0 bridgehead atoms. The number of hydrogen-bond acceptors (Lipinski definition) is 6. The van der Waals surface area contributed by atoms with E-state index >= 15 is 0 Å². The van der Waals surface area contributed by atoms with Gasteiger partial charge >= 0.3 is 0 Å². The molecule has 1 heterocycles. The summed E-state index contributed by atoms with van der Waals surface area (Å²) in [4.78, 5) is 26.5. The zero-order chi connectivity index (χ0) is 18.7. The van der Waals surface area contributed by atoms with Gasteiger partial charge in [-0.3, -0.25) is 9.59 Å². The van der Waals surface area contributed by atoms with E-state index in [1.54, 1.807) is 62.8 Å². The van der Waals surface area contributed by atoms with Gasteiger partial charge in [0.15, 0.2) is 0 Å². The molecule has 1 aliphatic rings. The standard InChI is InChI=1S/C19H17NO5S/c1-23-14-8-5-13(6-9-14)20-18(21)17(26-19(20)22)10-12-4-7-15(24-2)11-16(12)25-3/h4-11H,1-3H3/b17-10-. The molecule has 0 spiro atoms. The van der Waals surface area contributed by atoms with E-state index in [9.17, 15) is 9.59 Å². The lowest BCUT2D eigenvalue weighted by Crippen LogP contribution is -2.27. The summed E-state index contributed by atoms with van der Waals surface area (Å²) in [5, 5.41) is -0.348. The van der Waals surface area contributed by atoms with Gasteiger partial charge in [0.1, 0.15) is 17.2 Å². The van der Waals surface area contributed by atoms with Gasteiger partial charge in [-0.15, -0.1) is 0 Å². The Hall–Kier alpha value is -2.93. The molecule has 1 saturated heterocycles. The van der Waals surface area contributed by atoms with E-state index in [1.807, 2.05) is 0 Å². The predicted molar refractivity (Wildman–Crippen MR) is 101 cm³/mol. The number of nitrogens with zero attached hydrogens (tertiary/aromatic N) is 1. The van der Waals surface area contributed by atoms with Crippen molar-refractivity contribution in [3.05, 3.63) is 52.9 Å². The van der Waals surface area contributed by atoms with Gasteiger partial charge < -0.3 is 14.2 Å². The molecule has 2 aromatic rings. The molecular weight excluding hydrogens is 354 g/mol. The van der Waals surface area contributed by atoms with Crippen molar-refractivity contribution in [1.82, 2.24) is 0 Å². The maximum Gasteiger partial charge on any atom is 0.298 e. The minimum atomic E-state index is -0.372. The second-order valence-electron chi connectivity index (χ2n) is 5.32. The Balaban J connectivity index is 1.92. The number of hydrogen-bond donors (Lipinski definition) is 0. The van der Waals surface area contributed by atoms with Gasteiger partial charge in [-0.05, 0) is 54.2 Å². The lowest BCUT2D eigenvalue weighted by Gasteiger charge is -2.12. The number of amides is 2. The first-order valence-corrected chi connectivity index (χ1v) is 8.53. The van der Waals surface area contributed by atoms with Crippen LogP contribution in [0.3, 0.4) is 0 Å². The second-order valence-corrected chi connectivity index (χ2v) is 6.32. The van der Waals surface area contributed by atoms with E-state index in [4.69, 9.17) is 14.2 Å². The molecule has 0 aliphatic carbocycles. The van der Waals surface area contributed by atoms with Crippen LogP contribution in [-0.4, -0.2) is 32.5 Å². The molecule has 3 rings (SSSR count). The van der Waals surface area contributed by atoms with Crippen LogP contribution in [0.15, 0.2) is 47.4 Å². The molecule has 2 aromatic carbocycles. The van der Waals surface area contributed by atoms with Crippen molar-refractivity contribution >= 4 is 34.7 Å². The van der Waals surface area contributed by atoms with Crippen LogP contribution in [0.5, 0.6) is 17.2 Å². The summed E-state index contributed by atoms with van der Waals surface area (Å²) in [7, 11) is 4.66. The Labute approximate surface area is 155 Å². The molecule has 0 aromatic heterocycles. The Morgan fingerprint density at radius 3 is 2.15 bits per heavy atom. The van der Waals surface area contributed by atoms with Crippen LogP contribution in [0, 0.1) is 0 Å². The topological polar surface area (TPSA) is 65.1 Å². The average molecular weight is 371 g/mol. The van der Waals surface area contributed by atoms with E-state index in [-0.39, 0.29) is 11.1 Å². The zero-order valence-electron chi connectivity index (χ0n) is 14.5. The number of methoxy groups -OCH3 is 3. The van der Waals surface area contributed by atoms with Crippen molar-refractivity contribution in [2.24, 2.45) is 0 Å². The maximum atomic E-state index is 12.7. The predicted octanol–water partition coefficient (Wildman–Crippen LogP) is 3.95. The Bertz CT molecular complexity index is 876. The van der Waals surface area contributed by atoms with E-state index in [1.165, 1.54) is 7.11 Å². The molecule has 0 N–H and O–H groups in total. The summed E-state index contributed by atoms with van der Waals surface area (Å²) in [5.41, 5.74) is 1.19. The molecule has 6 nitrogen and oxygen atoms in total. The highest BCUT2D eigenvalue weighted by Gasteiger charge is 2.36. The fourth-order valence-electron chi connectivity index (χ4n) is 2.50. The summed E-state index contributed by atoms with van der Waals surface area (Å²) in [6, 6.07) is 12.0. The number of imide groups is 1. The fourth-order valence-corrected chi connectivity index (χ4v) is 3.33. The van der Waals surface area contributed by atoms with Crippen molar-refractivity contribution in [3.8, 4) is 17.2 Å². The average Bonchev–Trinajstić information content (AvgIpc) is 2.95. The number of carbonyl (C=O) groups is 2. The fraction of sp³-hybridized carbons (Fsp3) is 0.158. The largest absolute Gasteiger partial charge is 0.497 e. The summed E-state index contributed by atoms with van der Waals surface area (Å²) in [5.74, 6) is 1.48. The lowest BCUT2D eigenvalue weighted by molar-refractivity contribution is -0.113. The number of ether oxygens (including phenoxy) is 3. The summed E-state index contributed by atoms with van der Waals surface area (Å²) < 4.78 is 15.6. The third kappa shape index (κ3) is 3.39. The van der Waals surface area contributed by atoms with Crippen LogP contribution in [0.25, 0.3) is 6.08 Å². The first-order valence-electron chi connectivity index (χ1n) is 7.71. The molecule has 134 valence electrons. The normalized spacial score (nSPS) is 15.5. The van der Waals surface area contributed by atoms with Crippen molar-refractivity contribution in [1.29, 1.82) is 0 Å². The molecular formula is C19H17NO5S. The Kier molecular flexibility index (Phi) is 5.18. The highest BCUT2D eigenvalue weighted by atomic mass is 32.2. The van der Waals surface area contributed by atoms with Gasteiger partial charge in [-0.25, -0.2) is 4.90 Å². The Morgan fingerprint density at radius 2 is 1.54 bits per heavy atom. The number of anilines is 1. The highest BCUT2D eigenvalue weighted by molar-refractivity contribution is 8.19. The minimum absolute atomic E-state index is 0.328. The molecule has 26 heavy (non-hydrogen) atoms. The van der Waals surface area contributed by atoms with Crippen LogP contribution >= 0.6 is 11.8 Å². The van der Waals surface area contributed by atoms with Crippen molar-refractivity contribution in [2.45, 2.75) is 0 Å². The van der Waals surface area contributed by atoms with Gasteiger partial charge in [-0.2, -0.15) is 0 Å². The zero-order valence-corrected chi connectivity index (χ0v) is 15.3. The van der Waals surface area contributed by atoms with E-state index in [0.29, 0.717) is 33.4 Å². The van der Waals surface area contributed by atoms with Gasteiger partial charge in [0.2, 0.25) is 0 Å². The SMILES string of the molecule is COc1ccc(N2C(=O)S/C(=C\c3ccc(OC)cc3OC)C2=O)cc1. The first-order chi connectivity index (χ1) is 12.6. The van der Waals surface area contributed by atoms with Crippen LogP contribution in [-0.2, 0) is 4.79 Å².